The van der Waals surface area contributed by atoms with Crippen LogP contribution in [0.5, 0.6) is 5.75 Å². The maximum atomic E-state index is 6.10. The number of hydrogen-bond acceptors (Lipinski definition) is 4. The molecular weight excluding hydrogens is 481 g/mol. The van der Waals surface area contributed by atoms with E-state index in [4.69, 9.17) is 14.2 Å². The predicted octanol–water partition coefficient (Wildman–Crippen LogP) is 4.05. The number of nitrogens with one attached hydrogen (secondary N) is 2. The first-order valence-corrected chi connectivity index (χ1v) is 10.6. The van der Waals surface area contributed by atoms with Gasteiger partial charge in [-0.15, -0.1) is 24.0 Å². The molecule has 1 heterocycles. The molecule has 0 bridgehead atoms. The molecule has 162 valence electrons. The summed E-state index contributed by atoms with van der Waals surface area (Å²) in [7, 11) is 3.55. The molecule has 1 spiro atoms. The van der Waals surface area contributed by atoms with Crippen LogP contribution in [0, 0.1) is 11.3 Å². The van der Waals surface area contributed by atoms with Crippen LogP contribution in [-0.4, -0.2) is 52.1 Å². The molecule has 1 aliphatic heterocycles. The Labute approximate surface area is 191 Å². The van der Waals surface area contributed by atoms with E-state index in [0.29, 0.717) is 36.7 Å². The molecular formula is C22H34IN3O3. The monoisotopic (exact) mass is 515 g/mol. The Balaban J connectivity index is 0.00000240. The van der Waals surface area contributed by atoms with Crippen LogP contribution in [0.4, 0.5) is 5.69 Å². The first-order valence-electron chi connectivity index (χ1n) is 10.6. The molecule has 6 nitrogen and oxygen atoms in total. The number of benzene rings is 1. The summed E-state index contributed by atoms with van der Waals surface area (Å²) in [6.45, 7) is 2.27. The van der Waals surface area contributed by atoms with E-state index in [1.165, 1.54) is 25.7 Å². The smallest absolute Gasteiger partial charge is 0.195 e. The number of guanidine groups is 1. The summed E-state index contributed by atoms with van der Waals surface area (Å²) in [4.78, 5) is 4.49. The van der Waals surface area contributed by atoms with Crippen molar-refractivity contribution in [3.63, 3.8) is 0 Å². The highest BCUT2D eigenvalue weighted by Gasteiger charge is 2.65. The first kappa shape index (κ1) is 22.6. The van der Waals surface area contributed by atoms with Gasteiger partial charge < -0.3 is 24.8 Å². The van der Waals surface area contributed by atoms with Crippen LogP contribution < -0.4 is 15.4 Å². The van der Waals surface area contributed by atoms with Gasteiger partial charge in [-0.2, -0.15) is 0 Å². The second-order valence-electron chi connectivity index (χ2n) is 8.23. The maximum Gasteiger partial charge on any atom is 0.195 e. The SMILES string of the molecule is CN=C(Nc1cccc(OCCCOC)c1)NC1C2CCOC2C12CCCC2.I. The van der Waals surface area contributed by atoms with Crippen molar-refractivity contribution in [2.75, 3.05) is 39.3 Å². The molecule has 1 saturated heterocycles. The lowest BCUT2D eigenvalue weighted by atomic mass is 9.54. The Hall–Kier alpha value is -1.06. The lowest BCUT2D eigenvalue weighted by Gasteiger charge is -2.57. The Kier molecular flexibility index (Phi) is 8.04. The molecule has 0 radical (unpaired) electrons. The van der Waals surface area contributed by atoms with Gasteiger partial charge in [-0.25, -0.2) is 0 Å². The Morgan fingerprint density at radius 3 is 2.86 bits per heavy atom. The molecule has 3 aliphatic rings. The summed E-state index contributed by atoms with van der Waals surface area (Å²) in [5.74, 6) is 2.31. The Bertz CT molecular complexity index is 694. The fourth-order valence-electron chi connectivity index (χ4n) is 5.40. The van der Waals surface area contributed by atoms with E-state index in [1.807, 2.05) is 31.3 Å². The quantitative estimate of drug-likeness (QED) is 0.248. The largest absolute Gasteiger partial charge is 0.493 e. The van der Waals surface area contributed by atoms with Crippen molar-refractivity contribution in [1.29, 1.82) is 0 Å². The van der Waals surface area contributed by atoms with E-state index in [1.54, 1.807) is 7.11 Å². The third kappa shape index (κ3) is 4.66. The zero-order valence-electron chi connectivity index (χ0n) is 17.5. The van der Waals surface area contributed by atoms with Crippen molar-refractivity contribution in [2.45, 2.75) is 50.7 Å². The van der Waals surface area contributed by atoms with Gasteiger partial charge >= 0.3 is 0 Å². The van der Waals surface area contributed by atoms with E-state index >= 15 is 0 Å². The Morgan fingerprint density at radius 1 is 1.28 bits per heavy atom. The number of fused-ring (bicyclic) bond motifs is 2. The Morgan fingerprint density at radius 2 is 2.10 bits per heavy atom. The molecule has 7 heteroatoms. The van der Waals surface area contributed by atoms with Crippen LogP contribution in [0.3, 0.4) is 0 Å². The number of hydrogen-bond donors (Lipinski definition) is 2. The third-order valence-electron chi connectivity index (χ3n) is 6.66. The second kappa shape index (κ2) is 10.3. The molecule has 2 aliphatic carbocycles. The van der Waals surface area contributed by atoms with E-state index in [2.05, 4.69) is 15.6 Å². The van der Waals surface area contributed by atoms with Crippen LogP contribution in [0.25, 0.3) is 0 Å². The normalized spacial score (nSPS) is 27.1. The number of halogens is 1. The zero-order chi connectivity index (χ0) is 19.4. The van der Waals surface area contributed by atoms with Crippen molar-refractivity contribution in [1.82, 2.24) is 5.32 Å². The van der Waals surface area contributed by atoms with Gasteiger partial charge in [-0.3, -0.25) is 4.99 Å². The molecule has 0 aromatic heterocycles. The number of anilines is 1. The van der Waals surface area contributed by atoms with Crippen LogP contribution in [0.2, 0.25) is 0 Å². The van der Waals surface area contributed by atoms with E-state index in [9.17, 15) is 0 Å². The lowest BCUT2D eigenvalue weighted by Crippen LogP contribution is -2.68. The second-order valence-corrected chi connectivity index (χ2v) is 8.23. The van der Waals surface area contributed by atoms with Gasteiger partial charge in [-0.1, -0.05) is 18.9 Å². The molecule has 3 unspecified atom stereocenters. The zero-order valence-corrected chi connectivity index (χ0v) is 19.8. The summed E-state index contributed by atoms with van der Waals surface area (Å²) >= 11 is 0. The standard InChI is InChI=1S/C22H33N3O3.HI/c1-23-21(24-16-7-5-8-17(15-16)27-13-6-12-26-2)25-19-18-9-14-28-20(18)22(19)10-3-4-11-22;/h5,7-8,15,18-20H,3-4,6,9-14H2,1-2H3,(H2,23,24,25);1H. The molecule has 1 aromatic rings. The van der Waals surface area contributed by atoms with Gasteiger partial charge in [0.2, 0.25) is 0 Å². The van der Waals surface area contributed by atoms with Crippen molar-refractivity contribution >= 4 is 35.6 Å². The molecule has 29 heavy (non-hydrogen) atoms. The van der Waals surface area contributed by atoms with Crippen LogP contribution in [0.1, 0.15) is 38.5 Å². The molecule has 3 fully saturated rings. The summed E-state index contributed by atoms with van der Waals surface area (Å²) in [5.41, 5.74) is 1.29. The fourth-order valence-corrected chi connectivity index (χ4v) is 5.40. The summed E-state index contributed by atoms with van der Waals surface area (Å²) in [6, 6.07) is 8.51. The summed E-state index contributed by atoms with van der Waals surface area (Å²) < 4.78 is 17.0. The highest BCUT2D eigenvalue weighted by Crippen LogP contribution is 2.60. The van der Waals surface area contributed by atoms with Crippen LogP contribution in [0.15, 0.2) is 29.3 Å². The minimum Gasteiger partial charge on any atom is -0.493 e. The highest BCUT2D eigenvalue weighted by molar-refractivity contribution is 14.0. The third-order valence-corrected chi connectivity index (χ3v) is 6.66. The average molecular weight is 515 g/mol. The van der Waals surface area contributed by atoms with E-state index in [0.717, 1.165) is 36.8 Å². The fraction of sp³-hybridized carbons (Fsp3) is 0.682. The van der Waals surface area contributed by atoms with Gasteiger partial charge in [0.1, 0.15) is 5.75 Å². The van der Waals surface area contributed by atoms with Crippen LogP contribution in [-0.2, 0) is 9.47 Å². The first-order chi connectivity index (χ1) is 13.8. The lowest BCUT2D eigenvalue weighted by molar-refractivity contribution is -0.124. The van der Waals surface area contributed by atoms with Gasteiger partial charge in [0, 0.05) is 62.9 Å². The number of nitrogens with zero attached hydrogens (tertiary/aromatic N) is 1. The number of rotatable bonds is 7. The van der Waals surface area contributed by atoms with E-state index in [-0.39, 0.29) is 24.0 Å². The average Bonchev–Trinajstić information content (AvgIpc) is 3.37. The van der Waals surface area contributed by atoms with Crippen molar-refractivity contribution in [2.24, 2.45) is 16.3 Å². The molecule has 1 aromatic carbocycles. The van der Waals surface area contributed by atoms with Crippen molar-refractivity contribution < 1.29 is 14.2 Å². The molecule has 2 N–H and O–H groups in total. The van der Waals surface area contributed by atoms with Gasteiger partial charge in [0.05, 0.1) is 12.7 Å². The van der Waals surface area contributed by atoms with Gasteiger partial charge in [0.25, 0.3) is 0 Å². The molecule has 2 saturated carbocycles. The molecule has 3 atom stereocenters. The maximum absolute atomic E-state index is 6.10. The minimum absolute atomic E-state index is 0. The number of aliphatic imine (C=N–C) groups is 1. The summed E-state index contributed by atoms with van der Waals surface area (Å²) in [6.07, 6.45) is 7.67. The minimum atomic E-state index is 0. The highest BCUT2D eigenvalue weighted by atomic mass is 127. The topological polar surface area (TPSA) is 64.1 Å². The van der Waals surface area contributed by atoms with E-state index < -0.39 is 0 Å². The van der Waals surface area contributed by atoms with Crippen molar-refractivity contribution in [3.05, 3.63) is 24.3 Å². The summed E-state index contributed by atoms with van der Waals surface area (Å²) in [5, 5.41) is 7.19. The number of ether oxygens (including phenoxy) is 3. The van der Waals surface area contributed by atoms with Crippen LogP contribution >= 0.6 is 24.0 Å². The van der Waals surface area contributed by atoms with Gasteiger partial charge in [0.15, 0.2) is 5.96 Å². The number of methoxy groups -OCH3 is 1. The van der Waals surface area contributed by atoms with Crippen molar-refractivity contribution in [3.8, 4) is 5.75 Å². The predicted molar refractivity (Wildman–Crippen MR) is 126 cm³/mol. The molecule has 4 rings (SSSR count). The molecule has 0 amide bonds. The van der Waals surface area contributed by atoms with Gasteiger partial charge in [-0.05, 0) is 31.4 Å².